The maximum absolute atomic E-state index is 13.1. The Morgan fingerprint density at radius 1 is 1.25 bits per heavy atom. The van der Waals surface area contributed by atoms with E-state index in [0.717, 1.165) is 11.6 Å². The summed E-state index contributed by atoms with van der Waals surface area (Å²) in [6.07, 6.45) is -2.06. The number of halogens is 3. The van der Waals surface area contributed by atoms with Crippen molar-refractivity contribution in [2.75, 3.05) is 20.3 Å². The van der Waals surface area contributed by atoms with E-state index in [1.807, 2.05) is 38.1 Å². The van der Waals surface area contributed by atoms with Gasteiger partial charge >= 0.3 is 6.18 Å². The van der Waals surface area contributed by atoms with Crippen molar-refractivity contribution in [2.24, 2.45) is 4.99 Å². The molecule has 2 aromatic heterocycles. The quantitative estimate of drug-likeness (QED) is 0.555. The average Bonchev–Trinajstić information content (AvgIpc) is 3.22. The van der Waals surface area contributed by atoms with Crippen LogP contribution in [0.15, 0.2) is 41.7 Å². The zero-order chi connectivity index (χ0) is 22.9. The molecule has 3 heterocycles. The third-order valence-electron chi connectivity index (χ3n) is 5.35. The van der Waals surface area contributed by atoms with Crippen molar-refractivity contribution in [3.8, 4) is 5.75 Å². The standard InChI is InChI=1S/C22H23F3N4O3/c1-21(2,30-3)11-32-17-10-31-16-7-5-4-6-13(16)15(17)9-26-19-14-8-18(22(23,24)25)29-20(14)28-12-27-19/h4-9,12,15,17H,10-11H2,1-3H3,(H,27,28,29)/t15?,17-/m0/s1. The van der Waals surface area contributed by atoms with E-state index in [1.165, 1.54) is 6.33 Å². The van der Waals surface area contributed by atoms with E-state index in [-0.39, 0.29) is 28.9 Å². The molecule has 0 fully saturated rings. The second kappa shape index (κ2) is 8.51. The molecule has 0 saturated carbocycles. The van der Waals surface area contributed by atoms with Crippen LogP contribution in [0.25, 0.3) is 11.0 Å². The minimum absolute atomic E-state index is 0.0708. The number of aliphatic imine (C=N–C) groups is 1. The van der Waals surface area contributed by atoms with Crippen LogP contribution in [-0.2, 0) is 15.7 Å². The Morgan fingerprint density at radius 3 is 2.78 bits per heavy atom. The van der Waals surface area contributed by atoms with Gasteiger partial charge in [-0.15, -0.1) is 0 Å². The van der Waals surface area contributed by atoms with Crippen molar-refractivity contribution < 1.29 is 27.4 Å². The van der Waals surface area contributed by atoms with Gasteiger partial charge in [0.05, 0.1) is 23.5 Å². The number of alkyl halides is 3. The highest BCUT2D eigenvalue weighted by molar-refractivity contribution is 5.88. The van der Waals surface area contributed by atoms with Gasteiger partial charge in [-0.25, -0.2) is 15.0 Å². The fourth-order valence-corrected chi connectivity index (χ4v) is 3.39. The first-order chi connectivity index (χ1) is 15.2. The molecule has 7 nitrogen and oxygen atoms in total. The summed E-state index contributed by atoms with van der Waals surface area (Å²) >= 11 is 0. The summed E-state index contributed by atoms with van der Waals surface area (Å²) in [4.78, 5) is 14.7. The van der Waals surface area contributed by atoms with Crippen molar-refractivity contribution in [1.82, 2.24) is 15.0 Å². The Bertz CT molecular complexity index is 1130. The predicted molar refractivity (Wildman–Crippen MR) is 113 cm³/mol. The van der Waals surface area contributed by atoms with E-state index in [0.29, 0.717) is 19.0 Å². The van der Waals surface area contributed by atoms with Gasteiger partial charge in [0.1, 0.15) is 36.1 Å². The number of benzene rings is 1. The Kier molecular flexibility index (Phi) is 5.91. The lowest BCUT2D eigenvalue weighted by atomic mass is 9.91. The smallest absolute Gasteiger partial charge is 0.431 e. The fourth-order valence-electron chi connectivity index (χ4n) is 3.39. The number of H-pyrrole nitrogens is 1. The van der Waals surface area contributed by atoms with Gasteiger partial charge in [0.2, 0.25) is 0 Å². The fraction of sp³-hybridized carbons (Fsp3) is 0.409. The molecule has 10 heteroatoms. The molecule has 0 aliphatic carbocycles. The van der Waals surface area contributed by atoms with Gasteiger partial charge in [0.15, 0.2) is 5.82 Å². The lowest BCUT2D eigenvalue weighted by Crippen LogP contribution is -2.39. The molecule has 1 aliphatic heterocycles. The molecule has 0 bridgehead atoms. The molecule has 170 valence electrons. The number of hydrogen-bond acceptors (Lipinski definition) is 6. The summed E-state index contributed by atoms with van der Waals surface area (Å²) in [7, 11) is 1.61. The predicted octanol–water partition coefficient (Wildman–Crippen LogP) is 4.67. The lowest BCUT2D eigenvalue weighted by Gasteiger charge is -2.33. The second-order valence-corrected chi connectivity index (χ2v) is 8.11. The number of nitrogens with zero attached hydrogens (tertiary/aromatic N) is 3. The first kappa shape index (κ1) is 22.2. The van der Waals surface area contributed by atoms with Crippen LogP contribution in [0.5, 0.6) is 5.75 Å². The van der Waals surface area contributed by atoms with Gasteiger partial charge < -0.3 is 19.2 Å². The van der Waals surface area contributed by atoms with Gasteiger partial charge in [0.25, 0.3) is 0 Å². The number of hydrogen-bond donors (Lipinski definition) is 1. The molecule has 3 aromatic rings. The topological polar surface area (TPSA) is 81.6 Å². The van der Waals surface area contributed by atoms with Crippen LogP contribution in [0.1, 0.15) is 31.0 Å². The minimum Gasteiger partial charge on any atom is -0.491 e. The van der Waals surface area contributed by atoms with E-state index < -0.39 is 17.5 Å². The normalized spacial score (nSPS) is 19.3. The monoisotopic (exact) mass is 448 g/mol. The first-order valence-electron chi connectivity index (χ1n) is 10.0. The van der Waals surface area contributed by atoms with Crippen LogP contribution in [0.2, 0.25) is 0 Å². The van der Waals surface area contributed by atoms with Crippen molar-refractivity contribution in [1.29, 1.82) is 0 Å². The van der Waals surface area contributed by atoms with Crippen LogP contribution in [0.3, 0.4) is 0 Å². The molecule has 0 radical (unpaired) electrons. The number of ether oxygens (including phenoxy) is 3. The highest BCUT2D eigenvalue weighted by Crippen LogP contribution is 2.36. The van der Waals surface area contributed by atoms with Gasteiger partial charge in [-0.3, -0.25) is 0 Å². The largest absolute Gasteiger partial charge is 0.491 e. The summed E-state index contributed by atoms with van der Waals surface area (Å²) in [5.74, 6) is 0.559. The number of aromatic nitrogens is 3. The van der Waals surface area contributed by atoms with Crippen LogP contribution in [0, 0.1) is 0 Å². The van der Waals surface area contributed by atoms with Crippen molar-refractivity contribution in [3.05, 3.63) is 47.9 Å². The second-order valence-electron chi connectivity index (χ2n) is 8.11. The third-order valence-corrected chi connectivity index (χ3v) is 5.35. The number of fused-ring (bicyclic) bond motifs is 2. The number of rotatable bonds is 6. The Hall–Kier alpha value is -2.98. The minimum atomic E-state index is -4.52. The van der Waals surface area contributed by atoms with Gasteiger partial charge in [-0.1, -0.05) is 18.2 Å². The van der Waals surface area contributed by atoms with E-state index in [9.17, 15) is 13.2 Å². The molecule has 1 aliphatic rings. The van der Waals surface area contributed by atoms with Gasteiger partial charge in [-0.2, -0.15) is 13.2 Å². The van der Waals surface area contributed by atoms with Crippen LogP contribution in [-0.4, -0.2) is 53.2 Å². The zero-order valence-corrected chi connectivity index (χ0v) is 17.8. The maximum atomic E-state index is 13.1. The number of aromatic amines is 1. The van der Waals surface area contributed by atoms with E-state index >= 15 is 0 Å². The number of methoxy groups -OCH3 is 1. The molecule has 4 rings (SSSR count). The van der Waals surface area contributed by atoms with E-state index in [1.54, 1.807) is 13.3 Å². The average molecular weight is 448 g/mol. The van der Waals surface area contributed by atoms with E-state index in [2.05, 4.69) is 19.9 Å². The van der Waals surface area contributed by atoms with Crippen LogP contribution < -0.4 is 4.74 Å². The highest BCUT2D eigenvalue weighted by Gasteiger charge is 2.34. The Labute approximate surface area is 182 Å². The first-order valence-corrected chi connectivity index (χ1v) is 10.0. The zero-order valence-electron chi connectivity index (χ0n) is 17.8. The molecule has 0 saturated heterocycles. The highest BCUT2D eigenvalue weighted by atomic mass is 19.4. The summed E-state index contributed by atoms with van der Waals surface area (Å²) in [5.41, 5.74) is -0.445. The molecule has 1 N–H and O–H groups in total. The summed E-state index contributed by atoms with van der Waals surface area (Å²) in [6, 6.07) is 8.49. The number of para-hydroxylation sites is 1. The molecular formula is C22H23F3N4O3. The Morgan fingerprint density at radius 2 is 2.03 bits per heavy atom. The Balaban J connectivity index is 1.67. The molecule has 1 aromatic carbocycles. The molecule has 0 amide bonds. The van der Waals surface area contributed by atoms with Crippen molar-refractivity contribution in [3.63, 3.8) is 0 Å². The van der Waals surface area contributed by atoms with Crippen molar-refractivity contribution >= 4 is 23.1 Å². The van der Waals surface area contributed by atoms with Crippen LogP contribution in [0.4, 0.5) is 19.0 Å². The summed E-state index contributed by atoms with van der Waals surface area (Å²) < 4.78 is 56.7. The molecule has 2 atom stereocenters. The van der Waals surface area contributed by atoms with E-state index in [4.69, 9.17) is 14.2 Å². The van der Waals surface area contributed by atoms with Crippen LogP contribution >= 0.6 is 0 Å². The molecule has 32 heavy (non-hydrogen) atoms. The van der Waals surface area contributed by atoms with Gasteiger partial charge in [-0.05, 0) is 26.0 Å². The lowest BCUT2D eigenvalue weighted by molar-refractivity contribution is -0.140. The summed E-state index contributed by atoms with van der Waals surface area (Å²) in [6.45, 7) is 4.45. The molecule has 1 unspecified atom stereocenters. The summed E-state index contributed by atoms with van der Waals surface area (Å²) in [5, 5.41) is 0.189. The van der Waals surface area contributed by atoms with Crippen molar-refractivity contribution in [2.45, 2.75) is 37.6 Å². The molecule has 0 spiro atoms. The number of nitrogens with one attached hydrogen (secondary N) is 1. The SMILES string of the molecule is COC(C)(C)CO[C@H]1COc2ccccc2C1C=Nc1ncnc2[nH]c(C(F)(F)F)cc12. The van der Waals surface area contributed by atoms with Gasteiger partial charge in [0, 0.05) is 18.9 Å². The maximum Gasteiger partial charge on any atom is 0.431 e. The molecular weight excluding hydrogens is 425 g/mol. The third kappa shape index (κ3) is 4.61.